The van der Waals surface area contributed by atoms with E-state index in [1.165, 1.54) is 11.3 Å². The minimum Gasteiger partial charge on any atom is -0.335 e. The molecule has 1 amide bonds. The molecule has 1 aliphatic heterocycles. The largest absolute Gasteiger partial charge is 0.335 e. The third-order valence-electron chi connectivity index (χ3n) is 4.49. The van der Waals surface area contributed by atoms with Crippen LogP contribution < -0.4 is 0 Å². The van der Waals surface area contributed by atoms with Crippen molar-refractivity contribution in [2.75, 3.05) is 26.2 Å². The first-order chi connectivity index (χ1) is 12.3. The molecule has 0 radical (unpaired) electrons. The van der Waals surface area contributed by atoms with Gasteiger partial charge in [-0.25, -0.2) is 0 Å². The number of carbonyl (C=O) groups is 1. The highest BCUT2D eigenvalue weighted by Crippen LogP contribution is 2.23. The number of thiophene rings is 1. The summed E-state index contributed by atoms with van der Waals surface area (Å²) in [6, 6.07) is 12.0. The minimum absolute atomic E-state index is 0.135. The lowest BCUT2D eigenvalue weighted by molar-refractivity contribution is 0.0632. The maximum Gasteiger partial charge on any atom is 0.266 e. The maximum absolute atomic E-state index is 12.9. The van der Waals surface area contributed by atoms with Crippen LogP contribution in [0.2, 0.25) is 0 Å². The van der Waals surface area contributed by atoms with E-state index in [4.69, 9.17) is 0 Å². The summed E-state index contributed by atoms with van der Waals surface area (Å²) < 4.78 is 2.00. The van der Waals surface area contributed by atoms with Crippen LogP contribution in [0.15, 0.2) is 60.4 Å². The average molecular weight is 352 g/mol. The van der Waals surface area contributed by atoms with E-state index in [1.54, 1.807) is 0 Å². The Morgan fingerprint density at radius 3 is 2.56 bits per heavy atom. The number of amides is 1. The standard InChI is InChI=1S/C19H20N4OS/c24-19(18-17(6-14-25-18)22-8-3-4-9-22)23-12-10-21(11-13-23)15-16-5-1-2-7-20-16/h1-9,14H,10-13,15H2. The molecular weight excluding hydrogens is 332 g/mol. The van der Waals surface area contributed by atoms with Crippen molar-refractivity contribution in [2.45, 2.75) is 6.54 Å². The van der Waals surface area contributed by atoms with Crippen LogP contribution in [0.3, 0.4) is 0 Å². The molecule has 0 N–H and O–H groups in total. The minimum atomic E-state index is 0.135. The Morgan fingerprint density at radius 1 is 1.04 bits per heavy atom. The van der Waals surface area contributed by atoms with Gasteiger partial charge in [0.15, 0.2) is 0 Å². The van der Waals surface area contributed by atoms with Crippen LogP contribution in [-0.2, 0) is 6.54 Å². The molecule has 0 unspecified atom stereocenters. The first-order valence-corrected chi connectivity index (χ1v) is 9.31. The number of piperazine rings is 1. The summed E-state index contributed by atoms with van der Waals surface area (Å²) in [7, 11) is 0. The predicted octanol–water partition coefficient (Wildman–Crippen LogP) is 2.89. The number of aromatic nitrogens is 2. The van der Waals surface area contributed by atoms with E-state index in [1.807, 2.05) is 69.8 Å². The van der Waals surface area contributed by atoms with Gasteiger partial charge in [-0.05, 0) is 35.7 Å². The highest BCUT2D eigenvalue weighted by atomic mass is 32.1. The van der Waals surface area contributed by atoms with E-state index in [-0.39, 0.29) is 5.91 Å². The van der Waals surface area contributed by atoms with Crippen LogP contribution in [0.25, 0.3) is 5.69 Å². The normalized spacial score (nSPS) is 15.4. The van der Waals surface area contributed by atoms with Crippen LogP contribution >= 0.6 is 11.3 Å². The van der Waals surface area contributed by atoms with Gasteiger partial charge in [-0.15, -0.1) is 11.3 Å². The molecule has 3 aromatic rings. The van der Waals surface area contributed by atoms with Gasteiger partial charge in [-0.2, -0.15) is 0 Å². The SMILES string of the molecule is O=C(c1sccc1-n1cccc1)N1CCN(Cc2ccccn2)CC1. The third-order valence-corrected chi connectivity index (χ3v) is 5.38. The van der Waals surface area contributed by atoms with Crippen molar-refractivity contribution < 1.29 is 4.79 Å². The van der Waals surface area contributed by atoms with Gasteiger partial charge in [0.05, 0.1) is 11.4 Å². The third kappa shape index (κ3) is 3.50. The highest BCUT2D eigenvalue weighted by Gasteiger charge is 2.25. The zero-order valence-electron chi connectivity index (χ0n) is 13.9. The number of hydrogen-bond acceptors (Lipinski definition) is 4. The molecule has 0 aromatic carbocycles. The van der Waals surface area contributed by atoms with E-state index < -0.39 is 0 Å². The lowest BCUT2D eigenvalue weighted by atomic mass is 10.2. The Balaban J connectivity index is 1.40. The van der Waals surface area contributed by atoms with Crippen LogP contribution in [0.1, 0.15) is 15.4 Å². The molecule has 1 aliphatic rings. The van der Waals surface area contributed by atoms with Crippen molar-refractivity contribution in [3.8, 4) is 5.69 Å². The van der Waals surface area contributed by atoms with Gasteiger partial charge in [0.1, 0.15) is 4.88 Å². The zero-order chi connectivity index (χ0) is 17.1. The van der Waals surface area contributed by atoms with E-state index in [0.717, 1.165) is 49.0 Å². The van der Waals surface area contributed by atoms with Gasteiger partial charge in [-0.1, -0.05) is 6.07 Å². The molecule has 0 bridgehead atoms. The lowest BCUT2D eigenvalue weighted by Crippen LogP contribution is -2.48. The second-order valence-electron chi connectivity index (χ2n) is 6.11. The first kappa shape index (κ1) is 16.1. The fourth-order valence-corrected chi connectivity index (χ4v) is 3.99. The fourth-order valence-electron chi connectivity index (χ4n) is 3.13. The van der Waals surface area contributed by atoms with Crippen LogP contribution in [0.5, 0.6) is 0 Å². The molecule has 4 heterocycles. The van der Waals surface area contributed by atoms with Gasteiger partial charge in [0.2, 0.25) is 0 Å². The lowest BCUT2D eigenvalue weighted by Gasteiger charge is -2.34. The van der Waals surface area contributed by atoms with Crippen molar-refractivity contribution in [3.05, 3.63) is 70.9 Å². The molecule has 0 aliphatic carbocycles. The summed E-state index contributed by atoms with van der Waals surface area (Å²) in [4.78, 5) is 22.5. The second-order valence-corrected chi connectivity index (χ2v) is 7.03. The van der Waals surface area contributed by atoms with Crippen LogP contribution in [0.4, 0.5) is 0 Å². The monoisotopic (exact) mass is 352 g/mol. The van der Waals surface area contributed by atoms with E-state index in [2.05, 4.69) is 9.88 Å². The van der Waals surface area contributed by atoms with Gasteiger partial charge in [0.25, 0.3) is 5.91 Å². The molecule has 0 saturated carbocycles. The van der Waals surface area contributed by atoms with Gasteiger partial charge in [-0.3, -0.25) is 14.7 Å². The Hall–Kier alpha value is -2.44. The fraction of sp³-hybridized carbons (Fsp3) is 0.263. The Morgan fingerprint density at radius 2 is 1.84 bits per heavy atom. The second kappa shape index (κ2) is 7.21. The molecule has 0 spiro atoms. The summed E-state index contributed by atoms with van der Waals surface area (Å²) in [6.45, 7) is 4.12. The molecule has 4 rings (SSSR count). The molecule has 3 aromatic heterocycles. The van der Waals surface area contributed by atoms with E-state index in [0.29, 0.717) is 0 Å². The molecule has 5 nitrogen and oxygen atoms in total. The highest BCUT2D eigenvalue weighted by molar-refractivity contribution is 7.12. The van der Waals surface area contributed by atoms with Crippen LogP contribution in [0, 0.1) is 0 Å². The summed E-state index contributed by atoms with van der Waals surface area (Å²) in [5, 5.41) is 1.99. The van der Waals surface area contributed by atoms with Gasteiger partial charge in [0, 0.05) is 51.3 Å². The number of carbonyl (C=O) groups excluding carboxylic acids is 1. The quantitative estimate of drug-likeness (QED) is 0.725. The summed E-state index contributed by atoms with van der Waals surface area (Å²) in [5.74, 6) is 0.135. The van der Waals surface area contributed by atoms with Crippen LogP contribution in [-0.4, -0.2) is 51.4 Å². The van der Waals surface area contributed by atoms with Crippen molar-refractivity contribution in [1.29, 1.82) is 0 Å². The first-order valence-electron chi connectivity index (χ1n) is 8.43. The Labute approximate surface area is 151 Å². The number of hydrogen-bond donors (Lipinski definition) is 0. The molecule has 25 heavy (non-hydrogen) atoms. The summed E-state index contributed by atoms with van der Waals surface area (Å²) in [5.41, 5.74) is 2.05. The summed E-state index contributed by atoms with van der Waals surface area (Å²) >= 11 is 1.52. The predicted molar refractivity (Wildman–Crippen MR) is 99.1 cm³/mol. The van der Waals surface area contributed by atoms with Gasteiger partial charge >= 0.3 is 0 Å². The topological polar surface area (TPSA) is 41.4 Å². The smallest absolute Gasteiger partial charge is 0.266 e. The molecular formula is C19H20N4OS. The molecule has 0 atom stereocenters. The Kier molecular flexibility index (Phi) is 4.63. The van der Waals surface area contributed by atoms with Gasteiger partial charge < -0.3 is 9.47 Å². The number of nitrogens with zero attached hydrogens (tertiary/aromatic N) is 4. The maximum atomic E-state index is 12.9. The summed E-state index contributed by atoms with van der Waals surface area (Å²) in [6.07, 6.45) is 5.78. The number of rotatable bonds is 4. The van der Waals surface area contributed by atoms with E-state index in [9.17, 15) is 4.79 Å². The van der Waals surface area contributed by atoms with Crippen molar-refractivity contribution in [2.24, 2.45) is 0 Å². The van der Waals surface area contributed by atoms with Crippen molar-refractivity contribution >= 4 is 17.2 Å². The molecule has 128 valence electrons. The molecule has 6 heteroatoms. The molecule has 1 saturated heterocycles. The van der Waals surface area contributed by atoms with E-state index >= 15 is 0 Å². The zero-order valence-corrected chi connectivity index (χ0v) is 14.7. The van der Waals surface area contributed by atoms with Crippen molar-refractivity contribution in [1.82, 2.24) is 19.4 Å². The Bertz CT molecular complexity index is 820. The average Bonchev–Trinajstić information content (AvgIpc) is 3.34. The van der Waals surface area contributed by atoms with Crippen molar-refractivity contribution in [3.63, 3.8) is 0 Å². The number of pyridine rings is 1. The molecule has 1 fully saturated rings.